The van der Waals surface area contributed by atoms with Gasteiger partial charge in [-0.3, -0.25) is 4.90 Å². The number of rotatable bonds is 6. The van der Waals surface area contributed by atoms with Crippen LogP contribution in [0.2, 0.25) is 0 Å². The zero-order valence-electron chi connectivity index (χ0n) is 12.5. The van der Waals surface area contributed by atoms with Gasteiger partial charge in [0.1, 0.15) is 6.04 Å². The van der Waals surface area contributed by atoms with Crippen LogP contribution in [-0.4, -0.2) is 45.7 Å². The molecule has 0 aromatic rings. The highest BCUT2D eigenvalue weighted by Gasteiger charge is 2.49. The third-order valence-corrected chi connectivity index (χ3v) is 6.39. The highest BCUT2D eigenvalue weighted by molar-refractivity contribution is 8.00. The standard InChI is InChI=1S/C15H24N2O3S/c1-2-5-15(6-7-15)9-16-14(20)17-11(13(18)19)8-21-12(17)10-3-4-10/h10-12H,2-9H2,1H3,(H,16,20)(H,18,19). The van der Waals surface area contributed by atoms with Gasteiger partial charge >= 0.3 is 12.0 Å². The minimum absolute atomic E-state index is 0.0624. The minimum Gasteiger partial charge on any atom is -0.480 e. The summed E-state index contributed by atoms with van der Waals surface area (Å²) in [6.45, 7) is 2.87. The summed E-state index contributed by atoms with van der Waals surface area (Å²) in [6.07, 6.45) is 6.89. The number of amides is 2. The van der Waals surface area contributed by atoms with E-state index in [1.54, 1.807) is 16.7 Å². The molecule has 21 heavy (non-hydrogen) atoms. The summed E-state index contributed by atoms with van der Waals surface area (Å²) in [5, 5.41) is 12.4. The molecule has 2 N–H and O–H groups in total. The minimum atomic E-state index is -0.879. The molecule has 3 fully saturated rings. The molecular formula is C15H24N2O3S. The van der Waals surface area contributed by atoms with E-state index in [0.29, 0.717) is 23.6 Å². The van der Waals surface area contributed by atoms with Gasteiger partial charge in [0.05, 0.1) is 5.37 Å². The second-order valence-corrected chi connectivity index (χ2v) is 7.88. The number of hydrogen-bond acceptors (Lipinski definition) is 3. The average molecular weight is 312 g/mol. The number of carboxylic acids is 1. The fourth-order valence-electron chi connectivity index (χ4n) is 3.30. The summed E-state index contributed by atoms with van der Waals surface area (Å²) in [6, 6.07) is -0.839. The molecule has 2 amide bonds. The molecule has 0 aromatic heterocycles. The Bertz CT molecular complexity index is 435. The van der Waals surface area contributed by atoms with Gasteiger partial charge in [0, 0.05) is 12.3 Å². The van der Waals surface area contributed by atoms with Gasteiger partial charge in [-0.2, -0.15) is 0 Å². The number of hydrogen-bond donors (Lipinski definition) is 2. The lowest BCUT2D eigenvalue weighted by molar-refractivity contribution is -0.141. The van der Waals surface area contributed by atoms with Crippen LogP contribution in [0.15, 0.2) is 0 Å². The largest absolute Gasteiger partial charge is 0.480 e. The Balaban J connectivity index is 1.61. The smallest absolute Gasteiger partial charge is 0.327 e. The van der Waals surface area contributed by atoms with E-state index in [0.717, 1.165) is 25.7 Å². The van der Waals surface area contributed by atoms with Gasteiger partial charge in [-0.25, -0.2) is 9.59 Å². The van der Waals surface area contributed by atoms with Gasteiger partial charge in [0.2, 0.25) is 0 Å². The van der Waals surface area contributed by atoms with E-state index in [9.17, 15) is 14.7 Å². The van der Waals surface area contributed by atoms with E-state index in [2.05, 4.69) is 12.2 Å². The van der Waals surface area contributed by atoms with E-state index in [-0.39, 0.29) is 11.4 Å². The third kappa shape index (κ3) is 3.15. The molecule has 118 valence electrons. The molecule has 2 unspecified atom stereocenters. The van der Waals surface area contributed by atoms with Gasteiger partial charge in [0.15, 0.2) is 0 Å². The SMILES string of the molecule is CCCC1(CNC(=O)N2C(C(=O)O)CSC2C2CC2)CC1. The summed E-state index contributed by atoms with van der Waals surface area (Å²) in [5.74, 6) is 0.135. The molecular weight excluding hydrogens is 288 g/mol. The van der Waals surface area contributed by atoms with Crippen molar-refractivity contribution in [2.24, 2.45) is 11.3 Å². The lowest BCUT2D eigenvalue weighted by atomic mass is 10.0. The van der Waals surface area contributed by atoms with Gasteiger partial charge in [0.25, 0.3) is 0 Å². The zero-order chi connectivity index (χ0) is 15.0. The van der Waals surface area contributed by atoms with Gasteiger partial charge < -0.3 is 10.4 Å². The molecule has 3 rings (SSSR count). The Morgan fingerprint density at radius 3 is 2.62 bits per heavy atom. The Hall–Kier alpha value is -0.910. The Morgan fingerprint density at radius 2 is 2.10 bits per heavy atom. The van der Waals surface area contributed by atoms with Crippen LogP contribution in [0, 0.1) is 11.3 Å². The van der Waals surface area contributed by atoms with Crippen molar-refractivity contribution in [3.8, 4) is 0 Å². The van der Waals surface area contributed by atoms with Crippen molar-refractivity contribution in [1.82, 2.24) is 10.2 Å². The normalized spacial score (nSPS) is 30.2. The Labute approximate surface area is 129 Å². The second kappa shape index (κ2) is 5.71. The number of nitrogens with zero attached hydrogens (tertiary/aromatic N) is 1. The molecule has 0 aromatic carbocycles. The van der Waals surface area contributed by atoms with E-state index in [1.807, 2.05) is 0 Å². The molecule has 0 radical (unpaired) electrons. The van der Waals surface area contributed by atoms with Crippen LogP contribution in [0.4, 0.5) is 4.79 Å². The number of thioether (sulfide) groups is 1. The maximum absolute atomic E-state index is 12.5. The molecule has 2 atom stereocenters. The lowest BCUT2D eigenvalue weighted by Crippen LogP contribution is -2.51. The quantitative estimate of drug-likeness (QED) is 0.790. The van der Waals surface area contributed by atoms with Crippen molar-refractivity contribution in [2.45, 2.75) is 56.9 Å². The van der Waals surface area contributed by atoms with E-state index in [1.165, 1.54) is 12.8 Å². The predicted octanol–water partition coefficient (Wildman–Crippen LogP) is 2.51. The van der Waals surface area contributed by atoms with Crippen LogP contribution < -0.4 is 5.32 Å². The summed E-state index contributed by atoms with van der Waals surface area (Å²) in [4.78, 5) is 25.5. The first-order valence-electron chi connectivity index (χ1n) is 7.97. The number of carbonyl (C=O) groups excluding carboxylic acids is 1. The molecule has 6 heteroatoms. The maximum atomic E-state index is 12.5. The van der Waals surface area contributed by atoms with E-state index in [4.69, 9.17) is 0 Å². The molecule has 1 aliphatic heterocycles. The van der Waals surface area contributed by atoms with Crippen molar-refractivity contribution < 1.29 is 14.7 Å². The van der Waals surface area contributed by atoms with Crippen LogP contribution in [0.25, 0.3) is 0 Å². The van der Waals surface area contributed by atoms with Crippen molar-refractivity contribution in [1.29, 1.82) is 0 Å². The number of carboxylic acid groups (broad SMARTS) is 1. The van der Waals surface area contributed by atoms with Crippen LogP contribution in [0.1, 0.15) is 45.4 Å². The topological polar surface area (TPSA) is 69.6 Å². The van der Waals surface area contributed by atoms with E-state index >= 15 is 0 Å². The summed E-state index contributed by atoms with van der Waals surface area (Å²) < 4.78 is 0. The summed E-state index contributed by atoms with van der Waals surface area (Å²) in [5.41, 5.74) is 0.297. The van der Waals surface area contributed by atoms with Crippen molar-refractivity contribution >= 4 is 23.8 Å². The molecule has 2 aliphatic carbocycles. The van der Waals surface area contributed by atoms with Gasteiger partial charge in [-0.15, -0.1) is 11.8 Å². The number of aliphatic carboxylic acids is 1. The molecule has 5 nitrogen and oxygen atoms in total. The van der Waals surface area contributed by atoms with E-state index < -0.39 is 12.0 Å². The van der Waals surface area contributed by atoms with Gasteiger partial charge in [-0.1, -0.05) is 13.3 Å². The molecule has 2 saturated carbocycles. The summed E-state index contributed by atoms with van der Waals surface area (Å²) >= 11 is 1.63. The Kier molecular flexibility index (Phi) is 4.08. The monoisotopic (exact) mass is 312 g/mol. The zero-order valence-corrected chi connectivity index (χ0v) is 13.3. The van der Waals surface area contributed by atoms with Crippen LogP contribution in [-0.2, 0) is 4.79 Å². The first kappa shape index (κ1) is 15.0. The fraction of sp³-hybridized carbons (Fsp3) is 0.867. The number of carbonyl (C=O) groups is 2. The second-order valence-electron chi connectivity index (χ2n) is 6.73. The number of nitrogens with one attached hydrogen (secondary N) is 1. The average Bonchev–Trinajstić information content (AvgIpc) is 3.37. The lowest BCUT2D eigenvalue weighted by Gasteiger charge is -2.28. The molecule has 3 aliphatic rings. The molecule has 1 saturated heterocycles. The first-order valence-corrected chi connectivity index (χ1v) is 9.02. The third-order valence-electron chi connectivity index (χ3n) is 4.93. The van der Waals surface area contributed by atoms with Crippen LogP contribution in [0.3, 0.4) is 0 Å². The van der Waals surface area contributed by atoms with Crippen molar-refractivity contribution in [3.05, 3.63) is 0 Å². The molecule has 0 spiro atoms. The van der Waals surface area contributed by atoms with Gasteiger partial charge in [-0.05, 0) is 43.4 Å². The molecule has 0 bridgehead atoms. The predicted molar refractivity (Wildman–Crippen MR) is 82.2 cm³/mol. The number of urea groups is 1. The van der Waals surface area contributed by atoms with Crippen molar-refractivity contribution in [2.75, 3.05) is 12.3 Å². The van der Waals surface area contributed by atoms with Crippen LogP contribution >= 0.6 is 11.8 Å². The maximum Gasteiger partial charge on any atom is 0.327 e. The highest BCUT2D eigenvalue weighted by atomic mass is 32.2. The van der Waals surface area contributed by atoms with Crippen LogP contribution in [0.5, 0.6) is 0 Å². The molecule has 1 heterocycles. The highest BCUT2D eigenvalue weighted by Crippen LogP contribution is 2.49. The van der Waals surface area contributed by atoms with Crippen molar-refractivity contribution in [3.63, 3.8) is 0 Å². The fourth-order valence-corrected chi connectivity index (χ4v) is 4.93. The first-order chi connectivity index (χ1) is 10.1. The summed E-state index contributed by atoms with van der Waals surface area (Å²) in [7, 11) is 0. The Morgan fingerprint density at radius 1 is 1.38 bits per heavy atom.